The average Bonchev–Trinajstić information content (AvgIpc) is 2.91. The molecule has 0 aliphatic carbocycles. The van der Waals surface area contributed by atoms with Gasteiger partial charge in [0.1, 0.15) is 5.82 Å². The van der Waals surface area contributed by atoms with Crippen LogP contribution < -0.4 is 0 Å². The van der Waals surface area contributed by atoms with E-state index in [1.165, 1.54) is 12.1 Å². The largest absolute Gasteiger partial charge is 0.379 e. The van der Waals surface area contributed by atoms with Gasteiger partial charge in [-0.05, 0) is 26.1 Å². The number of rotatable bonds is 2. The molecule has 2 aliphatic heterocycles. The molecule has 1 aromatic carbocycles. The summed E-state index contributed by atoms with van der Waals surface area (Å²) >= 11 is 0. The number of carbonyl (C=O) groups excluding carboxylic acids is 1. The Labute approximate surface area is 129 Å². The van der Waals surface area contributed by atoms with E-state index in [2.05, 4.69) is 10.1 Å². The molecule has 22 heavy (non-hydrogen) atoms. The maximum atomic E-state index is 13.3. The predicted octanol–water partition coefficient (Wildman–Crippen LogP) is 1.48. The molecule has 0 aromatic heterocycles. The SMILES string of the molecule is CN1CCN(C(=O)C2(C)CC(c3cccc(F)c3)=NO2)CC1. The van der Waals surface area contributed by atoms with Crippen LogP contribution in [0.15, 0.2) is 29.4 Å². The lowest BCUT2D eigenvalue weighted by molar-refractivity contribution is -0.154. The third-order valence-corrected chi connectivity index (χ3v) is 4.26. The van der Waals surface area contributed by atoms with E-state index in [0.717, 1.165) is 13.1 Å². The number of nitrogens with zero attached hydrogens (tertiary/aromatic N) is 3. The number of halogens is 1. The van der Waals surface area contributed by atoms with Crippen molar-refractivity contribution in [2.75, 3.05) is 33.2 Å². The minimum atomic E-state index is -0.989. The van der Waals surface area contributed by atoms with E-state index in [1.807, 2.05) is 11.9 Å². The zero-order valence-corrected chi connectivity index (χ0v) is 12.9. The van der Waals surface area contributed by atoms with Gasteiger partial charge in [-0.2, -0.15) is 0 Å². The van der Waals surface area contributed by atoms with Crippen molar-refractivity contribution in [3.8, 4) is 0 Å². The normalized spacial score (nSPS) is 25.8. The molecule has 1 unspecified atom stereocenters. The number of hydrogen-bond acceptors (Lipinski definition) is 4. The van der Waals surface area contributed by atoms with E-state index in [1.54, 1.807) is 19.1 Å². The van der Waals surface area contributed by atoms with Crippen LogP contribution in [0.25, 0.3) is 0 Å². The third-order valence-electron chi connectivity index (χ3n) is 4.26. The summed E-state index contributed by atoms with van der Waals surface area (Å²) in [6, 6.07) is 6.20. The number of carbonyl (C=O) groups is 1. The molecule has 1 atom stereocenters. The molecular weight excluding hydrogens is 285 g/mol. The maximum absolute atomic E-state index is 13.3. The van der Waals surface area contributed by atoms with Crippen molar-refractivity contribution in [2.24, 2.45) is 5.16 Å². The van der Waals surface area contributed by atoms with Crippen LogP contribution in [0.3, 0.4) is 0 Å². The minimum Gasteiger partial charge on any atom is -0.379 e. The lowest BCUT2D eigenvalue weighted by Crippen LogP contribution is -2.54. The first-order valence-corrected chi connectivity index (χ1v) is 7.47. The predicted molar refractivity (Wildman–Crippen MR) is 81.1 cm³/mol. The number of oxime groups is 1. The Morgan fingerprint density at radius 1 is 1.32 bits per heavy atom. The van der Waals surface area contributed by atoms with E-state index in [-0.39, 0.29) is 11.7 Å². The Morgan fingerprint density at radius 2 is 2.05 bits per heavy atom. The Morgan fingerprint density at radius 3 is 2.73 bits per heavy atom. The molecule has 2 heterocycles. The number of benzene rings is 1. The molecule has 0 bridgehead atoms. The van der Waals surface area contributed by atoms with Crippen LogP contribution in [-0.2, 0) is 9.63 Å². The van der Waals surface area contributed by atoms with Crippen molar-refractivity contribution in [3.63, 3.8) is 0 Å². The Hall–Kier alpha value is -1.95. The molecule has 1 aromatic rings. The second kappa shape index (κ2) is 5.68. The van der Waals surface area contributed by atoms with Crippen molar-refractivity contribution >= 4 is 11.6 Å². The fourth-order valence-corrected chi connectivity index (χ4v) is 2.82. The molecule has 1 saturated heterocycles. The highest BCUT2D eigenvalue weighted by Crippen LogP contribution is 2.29. The van der Waals surface area contributed by atoms with Crippen LogP contribution in [0.4, 0.5) is 4.39 Å². The number of amides is 1. The molecule has 118 valence electrons. The van der Waals surface area contributed by atoms with Gasteiger partial charge in [-0.1, -0.05) is 17.3 Å². The fourth-order valence-electron chi connectivity index (χ4n) is 2.82. The van der Waals surface area contributed by atoms with Gasteiger partial charge in [0.25, 0.3) is 5.91 Å². The second-order valence-corrected chi connectivity index (χ2v) is 6.14. The average molecular weight is 305 g/mol. The first-order chi connectivity index (χ1) is 10.5. The second-order valence-electron chi connectivity index (χ2n) is 6.14. The van der Waals surface area contributed by atoms with Crippen LogP contribution in [0.5, 0.6) is 0 Å². The monoisotopic (exact) mass is 305 g/mol. The molecule has 1 fully saturated rings. The van der Waals surface area contributed by atoms with Crippen molar-refractivity contribution in [1.82, 2.24) is 9.80 Å². The van der Waals surface area contributed by atoms with Gasteiger partial charge in [0.2, 0.25) is 5.60 Å². The zero-order valence-electron chi connectivity index (χ0n) is 12.9. The van der Waals surface area contributed by atoms with Crippen LogP contribution >= 0.6 is 0 Å². The Bertz CT molecular complexity index is 611. The molecule has 1 amide bonds. The summed E-state index contributed by atoms with van der Waals surface area (Å²) in [4.78, 5) is 22.2. The van der Waals surface area contributed by atoms with Crippen molar-refractivity contribution in [3.05, 3.63) is 35.6 Å². The first kappa shape index (κ1) is 15.0. The summed E-state index contributed by atoms with van der Waals surface area (Å²) in [7, 11) is 2.04. The first-order valence-electron chi connectivity index (χ1n) is 7.47. The van der Waals surface area contributed by atoms with Gasteiger partial charge in [-0.25, -0.2) is 4.39 Å². The van der Waals surface area contributed by atoms with E-state index < -0.39 is 5.60 Å². The molecule has 0 radical (unpaired) electrons. The van der Waals surface area contributed by atoms with Gasteiger partial charge in [-0.3, -0.25) is 4.79 Å². The quantitative estimate of drug-likeness (QED) is 0.831. The minimum absolute atomic E-state index is 0.0456. The summed E-state index contributed by atoms with van der Waals surface area (Å²) in [6.45, 7) is 4.87. The highest BCUT2D eigenvalue weighted by Gasteiger charge is 2.45. The van der Waals surface area contributed by atoms with Crippen molar-refractivity contribution in [2.45, 2.75) is 18.9 Å². The summed E-state index contributed by atoms with van der Waals surface area (Å²) in [5.41, 5.74) is 0.289. The Balaban J connectivity index is 1.70. The van der Waals surface area contributed by atoms with Gasteiger partial charge < -0.3 is 14.6 Å². The number of hydrogen-bond donors (Lipinski definition) is 0. The van der Waals surface area contributed by atoms with Gasteiger partial charge >= 0.3 is 0 Å². The highest BCUT2D eigenvalue weighted by molar-refractivity contribution is 6.05. The van der Waals surface area contributed by atoms with Crippen LogP contribution in [-0.4, -0.2) is 60.2 Å². The molecule has 0 N–H and O–H groups in total. The Kier molecular flexibility index (Phi) is 3.87. The standard InChI is InChI=1S/C16H20FN3O2/c1-16(15(21)20-8-6-19(2)7-9-20)11-14(18-22-16)12-4-3-5-13(17)10-12/h3-5,10H,6-9,11H2,1-2H3. The highest BCUT2D eigenvalue weighted by atomic mass is 19.1. The number of piperazine rings is 1. The topological polar surface area (TPSA) is 45.1 Å². The third kappa shape index (κ3) is 2.83. The smallest absolute Gasteiger partial charge is 0.269 e. The molecule has 2 aliphatic rings. The van der Waals surface area contributed by atoms with Gasteiger partial charge in [-0.15, -0.1) is 0 Å². The van der Waals surface area contributed by atoms with Crippen LogP contribution in [0, 0.1) is 5.82 Å². The number of likely N-dealkylation sites (N-methyl/N-ethyl adjacent to an activating group) is 1. The molecular formula is C16H20FN3O2. The van der Waals surface area contributed by atoms with Gasteiger partial charge in [0.15, 0.2) is 0 Å². The molecule has 3 rings (SSSR count). The fraction of sp³-hybridized carbons (Fsp3) is 0.500. The lowest BCUT2D eigenvalue weighted by atomic mass is 9.94. The molecule has 0 spiro atoms. The van der Waals surface area contributed by atoms with Crippen LogP contribution in [0.2, 0.25) is 0 Å². The lowest BCUT2D eigenvalue weighted by Gasteiger charge is -2.36. The van der Waals surface area contributed by atoms with E-state index in [4.69, 9.17) is 4.84 Å². The molecule has 0 saturated carbocycles. The molecule has 6 heteroatoms. The maximum Gasteiger partial charge on any atom is 0.269 e. The van der Waals surface area contributed by atoms with Crippen LogP contribution in [0.1, 0.15) is 18.9 Å². The molecule has 5 nitrogen and oxygen atoms in total. The van der Waals surface area contributed by atoms with Gasteiger partial charge in [0, 0.05) is 38.2 Å². The summed E-state index contributed by atoms with van der Waals surface area (Å²) < 4.78 is 13.3. The van der Waals surface area contributed by atoms with E-state index in [9.17, 15) is 9.18 Å². The van der Waals surface area contributed by atoms with Crippen molar-refractivity contribution in [1.29, 1.82) is 0 Å². The van der Waals surface area contributed by atoms with Gasteiger partial charge in [0.05, 0.1) is 5.71 Å². The van der Waals surface area contributed by atoms with Crippen molar-refractivity contribution < 1.29 is 14.0 Å². The zero-order chi connectivity index (χ0) is 15.7. The summed E-state index contributed by atoms with van der Waals surface area (Å²) in [5.74, 6) is -0.366. The van der Waals surface area contributed by atoms with E-state index >= 15 is 0 Å². The summed E-state index contributed by atoms with van der Waals surface area (Å²) in [5, 5.41) is 4.02. The van der Waals surface area contributed by atoms with E-state index in [0.29, 0.717) is 30.8 Å². The summed E-state index contributed by atoms with van der Waals surface area (Å²) in [6.07, 6.45) is 0.363.